The molecule has 3 aromatic rings. The summed E-state index contributed by atoms with van der Waals surface area (Å²) in [5.74, 6) is 0. The number of hydrogen-bond donors (Lipinski definition) is 2. The smallest absolute Gasteiger partial charge is 0.152 e. The zero-order chi connectivity index (χ0) is 12.4. The summed E-state index contributed by atoms with van der Waals surface area (Å²) in [5, 5.41) is 5.03. The third-order valence-corrected chi connectivity index (χ3v) is 3.21. The molecule has 0 radical (unpaired) electrons. The van der Waals surface area contributed by atoms with Crippen molar-refractivity contribution in [2.45, 2.75) is 6.54 Å². The molecule has 0 aliphatic rings. The Morgan fingerprint density at radius 2 is 2.11 bits per heavy atom. The monoisotopic (exact) mass is 257 g/mol. The molecule has 0 atom stereocenters. The molecule has 18 heavy (non-hydrogen) atoms. The van der Waals surface area contributed by atoms with Gasteiger partial charge in [-0.1, -0.05) is 23.7 Å². The number of nitrogens with zero attached hydrogens (tertiary/aromatic N) is 1. The summed E-state index contributed by atoms with van der Waals surface area (Å²) >= 11 is 6.01. The van der Waals surface area contributed by atoms with E-state index in [2.05, 4.69) is 33.5 Å². The fourth-order valence-corrected chi connectivity index (χ4v) is 2.20. The van der Waals surface area contributed by atoms with Gasteiger partial charge < -0.3 is 10.3 Å². The van der Waals surface area contributed by atoms with Gasteiger partial charge in [-0.25, -0.2) is 4.98 Å². The summed E-state index contributed by atoms with van der Waals surface area (Å²) in [6.45, 7) is 0.723. The van der Waals surface area contributed by atoms with Gasteiger partial charge in [0.15, 0.2) is 5.15 Å². The van der Waals surface area contributed by atoms with Gasteiger partial charge in [0.05, 0.1) is 5.69 Å². The van der Waals surface area contributed by atoms with Crippen LogP contribution in [0.1, 0.15) is 5.56 Å². The summed E-state index contributed by atoms with van der Waals surface area (Å²) in [6, 6.07) is 12.1. The maximum Gasteiger partial charge on any atom is 0.152 e. The maximum atomic E-state index is 6.01. The van der Waals surface area contributed by atoms with E-state index in [0.29, 0.717) is 5.15 Å². The number of benzene rings is 1. The van der Waals surface area contributed by atoms with Crippen LogP contribution in [-0.4, -0.2) is 9.97 Å². The zero-order valence-corrected chi connectivity index (χ0v) is 10.4. The van der Waals surface area contributed by atoms with E-state index in [1.807, 2.05) is 24.4 Å². The van der Waals surface area contributed by atoms with Crippen molar-refractivity contribution in [2.75, 3.05) is 5.32 Å². The normalized spacial score (nSPS) is 10.7. The Hall–Kier alpha value is -2.00. The van der Waals surface area contributed by atoms with Crippen molar-refractivity contribution in [2.24, 2.45) is 0 Å². The van der Waals surface area contributed by atoms with Crippen LogP contribution in [0, 0.1) is 0 Å². The number of hydrogen-bond acceptors (Lipinski definition) is 2. The number of halogens is 1. The quantitative estimate of drug-likeness (QED) is 0.700. The molecule has 3 rings (SSSR count). The molecule has 2 N–H and O–H groups in total. The van der Waals surface area contributed by atoms with Gasteiger partial charge >= 0.3 is 0 Å². The molecule has 0 fully saturated rings. The molecule has 2 aromatic heterocycles. The summed E-state index contributed by atoms with van der Waals surface area (Å²) in [6.07, 6.45) is 3.63. The van der Waals surface area contributed by atoms with E-state index in [-0.39, 0.29) is 0 Å². The van der Waals surface area contributed by atoms with Gasteiger partial charge in [0.25, 0.3) is 0 Å². The van der Waals surface area contributed by atoms with Crippen LogP contribution < -0.4 is 5.32 Å². The largest absolute Gasteiger partial charge is 0.378 e. The molecule has 4 heteroatoms. The van der Waals surface area contributed by atoms with Crippen LogP contribution in [0.4, 0.5) is 5.69 Å². The number of aromatic amines is 1. The molecule has 0 spiro atoms. The highest BCUT2D eigenvalue weighted by atomic mass is 35.5. The number of H-pyrrole nitrogens is 1. The first-order chi connectivity index (χ1) is 8.84. The van der Waals surface area contributed by atoms with Crippen LogP contribution in [0.2, 0.25) is 5.15 Å². The van der Waals surface area contributed by atoms with E-state index in [9.17, 15) is 0 Å². The lowest BCUT2D eigenvalue weighted by molar-refractivity contribution is 1.15. The Balaban J connectivity index is 1.85. The first-order valence-corrected chi connectivity index (χ1v) is 6.12. The van der Waals surface area contributed by atoms with Crippen LogP contribution in [0.3, 0.4) is 0 Å². The highest BCUT2D eigenvalue weighted by Gasteiger charge is 2.03. The van der Waals surface area contributed by atoms with Crippen molar-refractivity contribution in [1.29, 1.82) is 0 Å². The fourth-order valence-electron chi connectivity index (χ4n) is 2.01. The van der Waals surface area contributed by atoms with E-state index in [0.717, 1.165) is 17.7 Å². The van der Waals surface area contributed by atoms with Crippen molar-refractivity contribution < 1.29 is 0 Å². The van der Waals surface area contributed by atoms with Crippen LogP contribution in [-0.2, 0) is 6.54 Å². The van der Waals surface area contributed by atoms with Gasteiger partial charge in [0.1, 0.15) is 0 Å². The highest BCUT2D eigenvalue weighted by molar-refractivity contribution is 6.31. The lowest BCUT2D eigenvalue weighted by Crippen LogP contribution is -2.00. The van der Waals surface area contributed by atoms with Crippen LogP contribution >= 0.6 is 11.6 Å². The van der Waals surface area contributed by atoms with Crippen molar-refractivity contribution in [3.8, 4) is 0 Å². The Labute approximate surface area is 110 Å². The lowest BCUT2D eigenvalue weighted by Gasteiger charge is -2.08. The number of fused-ring (bicyclic) bond motifs is 1. The minimum Gasteiger partial charge on any atom is -0.378 e. The van der Waals surface area contributed by atoms with Crippen molar-refractivity contribution in [1.82, 2.24) is 9.97 Å². The molecule has 0 aliphatic heterocycles. The van der Waals surface area contributed by atoms with Gasteiger partial charge in [-0.2, -0.15) is 0 Å². The third kappa shape index (κ3) is 2.05. The predicted octanol–water partition coefficient (Wildman–Crippen LogP) is 3.83. The second-order valence-corrected chi connectivity index (χ2v) is 4.41. The van der Waals surface area contributed by atoms with Crippen molar-refractivity contribution >= 4 is 28.2 Å². The number of rotatable bonds is 3. The number of aromatic nitrogens is 2. The molecule has 0 unspecified atom stereocenters. The minimum absolute atomic E-state index is 0.499. The van der Waals surface area contributed by atoms with Gasteiger partial charge in [-0.3, -0.25) is 0 Å². The second kappa shape index (κ2) is 4.70. The molecule has 90 valence electrons. The second-order valence-electron chi connectivity index (χ2n) is 4.05. The summed E-state index contributed by atoms with van der Waals surface area (Å²) in [5.41, 5.74) is 3.23. The van der Waals surface area contributed by atoms with Crippen LogP contribution in [0.5, 0.6) is 0 Å². The predicted molar refractivity (Wildman–Crippen MR) is 74.9 cm³/mol. The Kier molecular flexibility index (Phi) is 2.90. The Morgan fingerprint density at radius 1 is 1.17 bits per heavy atom. The number of anilines is 1. The molecule has 0 amide bonds. The average molecular weight is 258 g/mol. The van der Waals surface area contributed by atoms with Gasteiger partial charge in [-0.05, 0) is 29.8 Å². The van der Waals surface area contributed by atoms with Crippen molar-refractivity contribution in [3.05, 3.63) is 59.5 Å². The van der Waals surface area contributed by atoms with E-state index < -0.39 is 0 Å². The molecule has 0 bridgehead atoms. The minimum atomic E-state index is 0.499. The summed E-state index contributed by atoms with van der Waals surface area (Å²) in [4.78, 5) is 7.24. The topological polar surface area (TPSA) is 40.7 Å². The van der Waals surface area contributed by atoms with Crippen LogP contribution in [0.15, 0.2) is 48.8 Å². The number of nitrogens with one attached hydrogen (secondary N) is 2. The standard InChI is InChI=1S/C14H12ClN3/c15-14-13(5-2-7-17-14)18-9-10-3-1-4-12-11(10)6-8-16-12/h1-8,16,18H,9H2. The molecular formula is C14H12ClN3. The molecular weight excluding hydrogens is 246 g/mol. The van der Waals surface area contributed by atoms with Gasteiger partial charge in [0, 0.05) is 29.8 Å². The van der Waals surface area contributed by atoms with E-state index in [4.69, 9.17) is 11.6 Å². The average Bonchev–Trinajstić information content (AvgIpc) is 2.86. The van der Waals surface area contributed by atoms with E-state index in [1.54, 1.807) is 6.20 Å². The Morgan fingerprint density at radius 3 is 3.00 bits per heavy atom. The highest BCUT2D eigenvalue weighted by Crippen LogP contribution is 2.21. The molecule has 2 heterocycles. The fraction of sp³-hybridized carbons (Fsp3) is 0.0714. The molecule has 1 aromatic carbocycles. The number of pyridine rings is 1. The molecule has 0 saturated carbocycles. The van der Waals surface area contributed by atoms with E-state index in [1.165, 1.54) is 10.9 Å². The van der Waals surface area contributed by atoms with E-state index >= 15 is 0 Å². The first kappa shape index (κ1) is 11.1. The van der Waals surface area contributed by atoms with Crippen LogP contribution in [0.25, 0.3) is 10.9 Å². The molecule has 0 saturated heterocycles. The zero-order valence-electron chi connectivity index (χ0n) is 9.65. The first-order valence-electron chi connectivity index (χ1n) is 5.74. The van der Waals surface area contributed by atoms with Gasteiger partial charge in [0.2, 0.25) is 0 Å². The van der Waals surface area contributed by atoms with Crippen molar-refractivity contribution in [3.63, 3.8) is 0 Å². The van der Waals surface area contributed by atoms with Gasteiger partial charge in [-0.15, -0.1) is 0 Å². The summed E-state index contributed by atoms with van der Waals surface area (Å²) < 4.78 is 0. The molecule has 3 nitrogen and oxygen atoms in total. The SMILES string of the molecule is Clc1ncccc1NCc1cccc2[nH]ccc12. The third-order valence-electron chi connectivity index (χ3n) is 2.91. The summed E-state index contributed by atoms with van der Waals surface area (Å²) in [7, 11) is 0. The Bertz CT molecular complexity index is 675. The maximum absolute atomic E-state index is 6.01. The molecule has 0 aliphatic carbocycles. The lowest BCUT2D eigenvalue weighted by atomic mass is 10.1.